The summed E-state index contributed by atoms with van der Waals surface area (Å²) in [5.41, 5.74) is 4.50. The van der Waals surface area contributed by atoms with Crippen molar-refractivity contribution in [2.45, 2.75) is 60.3 Å². The third-order valence-electron chi connectivity index (χ3n) is 2.08. The molecule has 0 saturated carbocycles. The molecule has 0 aromatic rings. The van der Waals surface area contributed by atoms with Gasteiger partial charge in [0.05, 0.1) is 0 Å². The molecule has 0 aromatic heterocycles. The van der Waals surface area contributed by atoms with E-state index in [1.165, 1.54) is 45.8 Å². The molecule has 2 aliphatic rings. The van der Waals surface area contributed by atoms with Crippen molar-refractivity contribution in [3.63, 3.8) is 0 Å². The van der Waals surface area contributed by atoms with Crippen LogP contribution in [0, 0.1) is 37.0 Å². The van der Waals surface area contributed by atoms with Crippen molar-refractivity contribution in [1.82, 2.24) is 5.32 Å². The van der Waals surface area contributed by atoms with Gasteiger partial charge in [0.25, 0.3) is 0 Å². The van der Waals surface area contributed by atoms with Crippen LogP contribution in [0.4, 0.5) is 0 Å². The SMILES string of the molecule is C1CNC1.CC.CCC.CCC1C=CC1.CN.O.[HH].[U]. The Morgan fingerprint density at radius 3 is 1.42 bits per heavy atom. The maximum atomic E-state index is 4.50. The van der Waals surface area contributed by atoms with Crippen molar-refractivity contribution >= 4 is 0 Å². The predicted octanol–water partition coefficient (Wildman–Crippen LogP) is 3.39. The van der Waals surface area contributed by atoms with E-state index in [4.69, 9.17) is 0 Å². The van der Waals surface area contributed by atoms with E-state index >= 15 is 0 Å². The van der Waals surface area contributed by atoms with Crippen LogP contribution >= 0.6 is 0 Å². The molecule has 4 heteroatoms. The molecular formula is C15H40N2OU. The van der Waals surface area contributed by atoms with Crippen LogP contribution in [0.25, 0.3) is 0 Å². The number of hydrogen-bond acceptors (Lipinski definition) is 2. The molecule has 0 radical (unpaired) electrons. The van der Waals surface area contributed by atoms with Crippen LogP contribution in [0.2, 0.25) is 0 Å². The molecule has 1 saturated heterocycles. The average molecular weight is 503 g/mol. The minimum Gasteiger partial charge on any atom is -0.412 e. The van der Waals surface area contributed by atoms with Crippen LogP contribution in [-0.2, 0) is 0 Å². The summed E-state index contributed by atoms with van der Waals surface area (Å²) in [5, 5.41) is 3.11. The summed E-state index contributed by atoms with van der Waals surface area (Å²) in [7, 11) is 1.50. The fourth-order valence-corrected chi connectivity index (χ4v) is 0.808. The topological polar surface area (TPSA) is 69.5 Å². The average Bonchev–Trinajstić information content (AvgIpc) is 2.21. The van der Waals surface area contributed by atoms with Crippen molar-refractivity contribution in [3.05, 3.63) is 12.2 Å². The Hall–Kier alpha value is 0.672. The summed E-state index contributed by atoms with van der Waals surface area (Å²) in [5.74, 6) is 0.935. The third kappa shape index (κ3) is 32.3. The fourth-order valence-electron chi connectivity index (χ4n) is 0.808. The number of nitrogens with one attached hydrogen (secondary N) is 1. The number of nitrogens with two attached hydrogens (primary N) is 1. The Bertz CT molecular complexity index is 131. The van der Waals surface area contributed by atoms with E-state index in [2.05, 4.69) is 44.0 Å². The van der Waals surface area contributed by atoms with Gasteiger partial charge >= 0.3 is 0 Å². The third-order valence-corrected chi connectivity index (χ3v) is 2.08. The summed E-state index contributed by atoms with van der Waals surface area (Å²) >= 11 is 0. The zero-order valence-corrected chi connectivity index (χ0v) is 18.2. The smallest absolute Gasteiger partial charge is 0 e. The van der Waals surface area contributed by atoms with Crippen LogP contribution in [0.15, 0.2) is 12.2 Å². The zero-order valence-electron chi connectivity index (χ0n) is 14.1. The molecule has 2 rings (SSSR count). The van der Waals surface area contributed by atoms with Crippen molar-refractivity contribution in [1.29, 1.82) is 0 Å². The Morgan fingerprint density at radius 2 is 1.42 bits per heavy atom. The molecule has 1 fully saturated rings. The monoisotopic (exact) mass is 502 g/mol. The van der Waals surface area contributed by atoms with E-state index in [9.17, 15) is 0 Å². The van der Waals surface area contributed by atoms with E-state index in [1.807, 2.05) is 13.8 Å². The van der Waals surface area contributed by atoms with E-state index < -0.39 is 0 Å². The maximum Gasteiger partial charge on any atom is 0 e. The van der Waals surface area contributed by atoms with Gasteiger partial charge in [0, 0.05) is 32.5 Å². The Kier molecular flexibility index (Phi) is 60.9. The first-order valence-corrected chi connectivity index (χ1v) is 7.30. The quantitative estimate of drug-likeness (QED) is 0.540. The molecule has 5 N–H and O–H groups in total. The van der Waals surface area contributed by atoms with Crippen molar-refractivity contribution in [3.8, 4) is 0 Å². The molecule has 120 valence electrons. The standard InChI is InChI=1S/C6H10.C3H7N.C3H8.C2H6.CH5N.H2O.U.H2/c1-2-6-4-3-5-6;1-2-4-3-1;1-3-2;2*1-2;;;/h3-4,6H,2,5H2,1H3;4H,1-3H2;3H2,1-2H3;1-2H3;2H2,1H3;1H2;;1H. The molecule has 1 atom stereocenters. The molecule has 1 aliphatic carbocycles. The van der Waals surface area contributed by atoms with E-state index in [0.717, 1.165) is 5.92 Å². The second-order valence-corrected chi connectivity index (χ2v) is 3.64. The van der Waals surface area contributed by atoms with Gasteiger partial charge in [-0.3, -0.25) is 0 Å². The zero-order chi connectivity index (χ0) is 13.9. The molecule has 1 heterocycles. The molecule has 0 spiro atoms. The summed E-state index contributed by atoms with van der Waals surface area (Å²) in [6, 6.07) is 0. The van der Waals surface area contributed by atoms with Gasteiger partial charge < -0.3 is 16.5 Å². The normalized spacial score (nSPS) is 16.1. The first kappa shape index (κ1) is 31.9. The molecule has 3 nitrogen and oxygen atoms in total. The molecule has 0 amide bonds. The van der Waals surface area contributed by atoms with Gasteiger partial charge in [0.1, 0.15) is 0 Å². The second-order valence-electron chi connectivity index (χ2n) is 3.64. The fraction of sp³-hybridized carbons (Fsp3) is 0.867. The van der Waals surface area contributed by atoms with Gasteiger partial charge in [0.15, 0.2) is 0 Å². The maximum absolute atomic E-state index is 4.50. The number of rotatable bonds is 1. The molecule has 19 heavy (non-hydrogen) atoms. The first-order valence-electron chi connectivity index (χ1n) is 7.30. The van der Waals surface area contributed by atoms with Gasteiger partial charge in [-0.2, -0.15) is 0 Å². The minimum absolute atomic E-state index is 0. The first-order chi connectivity index (χ1) is 8.35. The van der Waals surface area contributed by atoms with E-state index in [0.29, 0.717) is 0 Å². The van der Waals surface area contributed by atoms with Gasteiger partial charge in [-0.15, -0.1) is 0 Å². The van der Waals surface area contributed by atoms with Crippen LogP contribution in [0.5, 0.6) is 0 Å². The van der Waals surface area contributed by atoms with Crippen molar-refractivity contribution in [2.24, 2.45) is 11.7 Å². The van der Waals surface area contributed by atoms with Crippen LogP contribution < -0.4 is 11.1 Å². The van der Waals surface area contributed by atoms with Gasteiger partial charge in [-0.25, -0.2) is 0 Å². The summed E-state index contributed by atoms with van der Waals surface area (Å²) in [6.45, 7) is 13.0. The summed E-state index contributed by atoms with van der Waals surface area (Å²) in [4.78, 5) is 0. The Labute approximate surface area is 147 Å². The molecule has 1 unspecified atom stereocenters. The minimum atomic E-state index is 0. The summed E-state index contributed by atoms with van der Waals surface area (Å²) < 4.78 is 0. The molecule has 0 bridgehead atoms. The van der Waals surface area contributed by atoms with Gasteiger partial charge in [-0.1, -0.05) is 53.2 Å². The van der Waals surface area contributed by atoms with Crippen molar-refractivity contribution < 1.29 is 38.0 Å². The Morgan fingerprint density at radius 1 is 1.16 bits per heavy atom. The predicted molar refractivity (Wildman–Crippen MR) is 88.2 cm³/mol. The summed E-state index contributed by atoms with van der Waals surface area (Å²) in [6.07, 6.45) is 9.81. The number of hydrogen-bond donors (Lipinski definition) is 2. The molecule has 1 aliphatic heterocycles. The largest absolute Gasteiger partial charge is 0.412 e. The van der Waals surface area contributed by atoms with Gasteiger partial charge in [0.2, 0.25) is 0 Å². The van der Waals surface area contributed by atoms with Crippen LogP contribution in [0.1, 0.15) is 61.7 Å². The molecular weight excluding hydrogens is 462 g/mol. The van der Waals surface area contributed by atoms with Crippen LogP contribution in [0.3, 0.4) is 0 Å². The van der Waals surface area contributed by atoms with E-state index in [-0.39, 0.29) is 38.0 Å². The van der Waals surface area contributed by atoms with E-state index in [1.54, 1.807) is 0 Å². The second kappa shape index (κ2) is 36.3. The molecule has 0 aromatic carbocycles. The van der Waals surface area contributed by atoms with Crippen LogP contribution in [-0.4, -0.2) is 25.6 Å². The number of allylic oxidation sites excluding steroid dienone is 2. The van der Waals surface area contributed by atoms with Gasteiger partial charge in [-0.05, 0) is 45.3 Å². The van der Waals surface area contributed by atoms with Crippen molar-refractivity contribution in [2.75, 3.05) is 20.1 Å². The Balaban J connectivity index is -0.0000000318.